The van der Waals surface area contributed by atoms with E-state index in [0.29, 0.717) is 11.3 Å². The number of nitrogens with zero attached hydrogens (tertiary/aromatic N) is 1. The molecule has 2 aromatic carbocycles. The first kappa shape index (κ1) is 14.3. The number of carbonyl (C=O) groups excluding carboxylic acids is 1. The van der Waals surface area contributed by atoms with E-state index in [0.717, 1.165) is 5.56 Å². The standard InChI is InChI=1S/C16H12FN3OS/c17-12-7-3-4-8-13(12)18-16(22)20-19-14-9-15(21)11-6-2-1-5-10(11)14/h1-8H,9H2,(H2,18,20,22). The van der Waals surface area contributed by atoms with Crippen LogP contribution in [-0.2, 0) is 0 Å². The van der Waals surface area contributed by atoms with Crippen LogP contribution in [0.2, 0.25) is 0 Å². The lowest BCUT2D eigenvalue weighted by atomic mass is 10.1. The van der Waals surface area contributed by atoms with Crippen molar-refractivity contribution in [1.82, 2.24) is 5.43 Å². The van der Waals surface area contributed by atoms with Crippen molar-refractivity contribution >= 4 is 34.5 Å². The molecule has 2 aromatic rings. The average Bonchev–Trinajstić information content (AvgIpc) is 2.85. The van der Waals surface area contributed by atoms with E-state index >= 15 is 0 Å². The number of hydrogen-bond donors (Lipinski definition) is 2. The quantitative estimate of drug-likeness (QED) is 0.661. The summed E-state index contributed by atoms with van der Waals surface area (Å²) in [6.07, 6.45) is 0.231. The molecule has 3 rings (SSSR count). The molecule has 1 aliphatic rings. The number of Topliss-reactive ketones (excluding diaryl/α,β-unsaturated/α-hetero) is 1. The number of anilines is 1. The van der Waals surface area contributed by atoms with Crippen LogP contribution >= 0.6 is 12.2 Å². The number of benzene rings is 2. The first-order valence-corrected chi connectivity index (χ1v) is 7.06. The number of nitrogens with one attached hydrogen (secondary N) is 2. The summed E-state index contributed by atoms with van der Waals surface area (Å²) in [5.41, 5.74) is 5.00. The van der Waals surface area contributed by atoms with E-state index in [4.69, 9.17) is 12.2 Å². The van der Waals surface area contributed by atoms with Gasteiger partial charge >= 0.3 is 0 Å². The Bertz CT molecular complexity index is 788. The average molecular weight is 313 g/mol. The number of rotatable bonds is 2. The van der Waals surface area contributed by atoms with Crippen LogP contribution in [0.3, 0.4) is 0 Å². The lowest BCUT2D eigenvalue weighted by molar-refractivity contribution is 0.101. The fourth-order valence-electron chi connectivity index (χ4n) is 2.25. The third-order valence-corrected chi connectivity index (χ3v) is 3.47. The molecule has 0 unspecified atom stereocenters. The summed E-state index contributed by atoms with van der Waals surface area (Å²) in [7, 11) is 0. The molecule has 0 heterocycles. The van der Waals surface area contributed by atoms with E-state index in [9.17, 15) is 9.18 Å². The Morgan fingerprint density at radius 2 is 1.77 bits per heavy atom. The maximum atomic E-state index is 13.5. The molecule has 2 N–H and O–H groups in total. The number of ketones is 1. The Balaban J connectivity index is 1.71. The van der Waals surface area contributed by atoms with Gasteiger partial charge in [0.15, 0.2) is 10.9 Å². The minimum absolute atomic E-state index is 0.0316. The molecule has 0 aliphatic heterocycles. The molecular formula is C16H12FN3OS. The van der Waals surface area contributed by atoms with Gasteiger partial charge in [-0.15, -0.1) is 0 Å². The summed E-state index contributed by atoms with van der Waals surface area (Å²) >= 11 is 5.08. The largest absolute Gasteiger partial charge is 0.329 e. The summed E-state index contributed by atoms with van der Waals surface area (Å²) in [6, 6.07) is 13.5. The Kier molecular flexibility index (Phi) is 3.93. The van der Waals surface area contributed by atoms with Crippen molar-refractivity contribution in [2.75, 3.05) is 5.32 Å². The lowest BCUT2D eigenvalue weighted by Crippen LogP contribution is -2.25. The predicted octanol–water partition coefficient (Wildman–Crippen LogP) is 3.10. The molecule has 0 aromatic heterocycles. The van der Waals surface area contributed by atoms with Gasteiger partial charge in [-0.25, -0.2) is 4.39 Å². The van der Waals surface area contributed by atoms with Crippen LogP contribution in [0.5, 0.6) is 0 Å². The summed E-state index contributed by atoms with van der Waals surface area (Å²) in [5, 5.41) is 7.04. The second-order valence-corrected chi connectivity index (χ2v) is 5.16. The molecule has 4 nitrogen and oxygen atoms in total. The number of thiocarbonyl (C=S) groups is 1. The predicted molar refractivity (Wildman–Crippen MR) is 87.7 cm³/mol. The van der Waals surface area contributed by atoms with Crippen molar-refractivity contribution in [3.8, 4) is 0 Å². The molecule has 0 atom stereocenters. The van der Waals surface area contributed by atoms with Gasteiger partial charge in [-0.1, -0.05) is 36.4 Å². The second-order valence-electron chi connectivity index (χ2n) is 4.75. The van der Waals surface area contributed by atoms with Gasteiger partial charge in [0.2, 0.25) is 0 Å². The third kappa shape index (κ3) is 2.87. The van der Waals surface area contributed by atoms with Crippen LogP contribution in [0.15, 0.2) is 53.6 Å². The smallest absolute Gasteiger partial charge is 0.191 e. The lowest BCUT2D eigenvalue weighted by Gasteiger charge is -2.08. The molecule has 1 aliphatic carbocycles. The summed E-state index contributed by atoms with van der Waals surface area (Å²) in [5.74, 6) is -0.371. The molecule has 0 saturated carbocycles. The van der Waals surface area contributed by atoms with E-state index < -0.39 is 5.82 Å². The van der Waals surface area contributed by atoms with Gasteiger partial charge in [-0.3, -0.25) is 10.2 Å². The number of hydrogen-bond acceptors (Lipinski definition) is 3. The van der Waals surface area contributed by atoms with Crippen LogP contribution in [0, 0.1) is 5.82 Å². The minimum Gasteiger partial charge on any atom is -0.329 e. The zero-order chi connectivity index (χ0) is 15.5. The van der Waals surface area contributed by atoms with Crippen molar-refractivity contribution in [2.45, 2.75) is 6.42 Å². The fourth-order valence-corrected chi connectivity index (χ4v) is 2.41. The molecular weight excluding hydrogens is 301 g/mol. The number of hydrazone groups is 1. The molecule has 0 bridgehead atoms. The van der Waals surface area contributed by atoms with E-state index in [1.807, 2.05) is 18.2 Å². The van der Waals surface area contributed by atoms with Gasteiger partial charge in [0, 0.05) is 11.1 Å². The van der Waals surface area contributed by atoms with Gasteiger partial charge in [-0.05, 0) is 24.4 Å². The van der Waals surface area contributed by atoms with Crippen LogP contribution in [0.25, 0.3) is 0 Å². The molecule has 6 heteroatoms. The normalized spacial score (nSPS) is 14.8. The molecule has 0 amide bonds. The molecule has 0 saturated heterocycles. The second kappa shape index (κ2) is 6.03. The number of halogens is 1. The van der Waals surface area contributed by atoms with Crippen LogP contribution in [-0.4, -0.2) is 16.6 Å². The summed E-state index contributed by atoms with van der Waals surface area (Å²) in [4.78, 5) is 11.8. The third-order valence-electron chi connectivity index (χ3n) is 3.28. The van der Waals surface area contributed by atoms with Crippen molar-refractivity contribution in [1.29, 1.82) is 0 Å². The maximum absolute atomic E-state index is 13.5. The van der Waals surface area contributed by atoms with Gasteiger partial charge in [-0.2, -0.15) is 5.10 Å². The van der Waals surface area contributed by atoms with Gasteiger partial charge in [0.05, 0.1) is 17.8 Å². The van der Waals surface area contributed by atoms with Crippen LogP contribution < -0.4 is 10.7 Å². The highest BCUT2D eigenvalue weighted by Gasteiger charge is 2.24. The number of carbonyl (C=O) groups is 1. The summed E-state index contributed by atoms with van der Waals surface area (Å²) in [6.45, 7) is 0. The maximum Gasteiger partial charge on any atom is 0.191 e. The van der Waals surface area contributed by atoms with Crippen LogP contribution in [0.1, 0.15) is 22.3 Å². The Hall–Kier alpha value is -2.60. The highest BCUT2D eigenvalue weighted by atomic mass is 32.1. The molecule has 0 fully saturated rings. The van der Waals surface area contributed by atoms with E-state index in [1.54, 1.807) is 24.3 Å². The zero-order valence-corrected chi connectivity index (χ0v) is 12.3. The monoisotopic (exact) mass is 313 g/mol. The van der Waals surface area contributed by atoms with Gasteiger partial charge in [0.25, 0.3) is 0 Å². The molecule has 0 spiro atoms. The zero-order valence-electron chi connectivity index (χ0n) is 11.5. The highest BCUT2D eigenvalue weighted by Crippen LogP contribution is 2.21. The first-order chi connectivity index (χ1) is 10.6. The first-order valence-electron chi connectivity index (χ1n) is 6.66. The number of para-hydroxylation sites is 1. The van der Waals surface area contributed by atoms with Crippen molar-refractivity contribution in [3.05, 3.63) is 65.5 Å². The van der Waals surface area contributed by atoms with E-state index in [2.05, 4.69) is 15.8 Å². The Morgan fingerprint density at radius 1 is 1.09 bits per heavy atom. The summed E-state index contributed by atoms with van der Waals surface area (Å²) < 4.78 is 13.5. The van der Waals surface area contributed by atoms with Crippen molar-refractivity contribution in [3.63, 3.8) is 0 Å². The highest BCUT2D eigenvalue weighted by molar-refractivity contribution is 7.80. The molecule has 110 valence electrons. The fraction of sp³-hybridized carbons (Fsp3) is 0.0625. The SMILES string of the molecule is O=C1CC(=NNC(=S)Nc2ccccc2F)c2ccccc21. The molecule has 0 radical (unpaired) electrons. The van der Waals surface area contributed by atoms with Crippen molar-refractivity contribution < 1.29 is 9.18 Å². The topological polar surface area (TPSA) is 53.5 Å². The Morgan fingerprint density at radius 3 is 2.55 bits per heavy atom. The van der Waals surface area contributed by atoms with Crippen molar-refractivity contribution in [2.24, 2.45) is 5.10 Å². The van der Waals surface area contributed by atoms with E-state index in [-0.39, 0.29) is 23.0 Å². The number of fused-ring (bicyclic) bond motifs is 1. The van der Waals surface area contributed by atoms with Gasteiger partial charge < -0.3 is 5.32 Å². The molecule has 22 heavy (non-hydrogen) atoms. The minimum atomic E-state index is -0.402. The van der Waals surface area contributed by atoms with Gasteiger partial charge in [0.1, 0.15) is 5.82 Å². The Labute approximate surface area is 132 Å². The van der Waals surface area contributed by atoms with E-state index in [1.165, 1.54) is 6.07 Å². The van der Waals surface area contributed by atoms with Crippen LogP contribution in [0.4, 0.5) is 10.1 Å².